The van der Waals surface area contributed by atoms with E-state index in [4.69, 9.17) is 4.98 Å². The van der Waals surface area contributed by atoms with Gasteiger partial charge in [-0.05, 0) is 56.9 Å². The van der Waals surface area contributed by atoms with E-state index in [-0.39, 0.29) is 5.91 Å². The molecule has 0 unspecified atom stereocenters. The van der Waals surface area contributed by atoms with Crippen molar-refractivity contribution < 1.29 is 4.79 Å². The fraction of sp³-hybridized carbons (Fsp3) is 0.250. The van der Waals surface area contributed by atoms with E-state index >= 15 is 0 Å². The van der Waals surface area contributed by atoms with Crippen molar-refractivity contribution in [3.8, 4) is 11.3 Å². The van der Waals surface area contributed by atoms with E-state index in [0.717, 1.165) is 52.2 Å². The van der Waals surface area contributed by atoms with Crippen LogP contribution in [0.15, 0.2) is 67.5 Å². The number of amides is 1. The number of rotatable bonds is 9. The molecule has 1 amide bonds. The van der Waals surface area contributed by atoms with Gasteiger partial charge in [0.25, 0.3) is 0 Å². The predicted molar refractivity (Wildman–Crippen MR) is 149 cm³/mol. The van der Waals surface area contributed by atoms with Crippen LogP contribution in [-0.2, 0) is 11.8 Å². The second-order valence-corrected chi connectivity index (χ2v) is 9.16. The SMILES string of the molecule is C=CC(=O)Nc1cc(Nc2nccc(-c3cn(C)c4ccccc34)n2)c(C)cc1N(C)CCN(C)C. The molecule has 4 aromatic rings. The second-order valence-electron chi connectivity index (χ2n) is 9.16. The second kappa shape index (κ2) is 10.6. The number of aromatic nitrogens is 3. The van der Waals surface area contributed by atoms with Crippen molar-refractivity contribution in [3.05, 3.63) is 73.1 Å². The molecule has 0 atom stereocenters. The molecule has 0 radical (unpaired) electrons. The van der Waals surface area contributed by atoms with Crippen LogP contribution in [0.5, 0.6) is 0 Å². The number of carbonyl (C=O) groups excluding carboxylic acids is 1. The average molecular weight is 484 g/mol. The monoisotopic (exact) mass is 483 g/mol. The van der Waals surface area contributed by atoms with Crippen molar-refractivity contribution in [1.82, 2.24) is 19.4 Å². The minimum absolute atomic E-state index is 0.263. The molecule has 8 heteroatoms. The van der Waals surface area contributed by atoms with Gasteiger partial charge in [-0.3, -0.25) is 4.79 Å². The summed E-state index contributed by atoms with van der Waals surface area (Å²) < 4.78 is 2.10. The molecule has 0 aliphatic heterocycles. The number of nitrogens with zero attached hydrogens (tertiary/aromatic N) is 5. The minimum Gasteiger partial charge on any atom is -0.372 e. The number of benzene rings is 2. The number of fused-ring (bicyclic) bond motifs is 1. The molecule has 4 rings (SSSR count). The van der Waals surface area contributed by atoms with Crippen LogP contribution in [0.4, 0.5) is 23.0 Å². The molecule has 0 aliphatic rings. The Hall–Kier alpha value is -4.17. The summed E-state index contributed by atoms with van der Waals surface area (Å²) in [6.45, 7) is 7.32. The van der Waals surface area contributed by atoms with E-state index in [0.29, 0.717) is 11.6 Å². The van der Waals surface area contributed by atoms with Gasteiger partial charge in [-0.1, -0.05) is 24.8 Å². The summed E-state index contributed by atoms with van der Waals surface area (Å²) >= 11 is 0. The topological polar surface area (TPSA) is 78.3 Å². The summed E-state index contributed by atoms with van der Waals surface area (Å²) in [5.74, 6) is 0.222. The van der Waals surface area contributed by atoms with Gasteiger partial charge in [0.05, 0.1) is 17.1 Å². The molecule has 2 aromatic carbocycles. The Morgan fingerprint density at radius 3 is 2.64 bits per heavy atom. The van der Waals surface area contributed by atoms with E-state index in [2.05, 4.69) is 61.0 Å². The molecule has 0 aliphatic carbocycles. The first-order valence-corrected chi connectivity index (χ1v) is 11.8. The Kier molecular flexibility index (Phi) is 7.36. The van der Waals surface area contributed by atoms with E-state index in [1.807, 2.05) is 59.4 Å². The Morgan fingerprint density at radius 2 is 1.89 bits per heavy atom. The van der Waals surface area contributed by atoms with Gasteiger partial charge < -0.3 is 25.0 Å². The summed E-state index contributed by atoms with van der Waals surface area (Å²) in [5.41, 5.74) is 6.48. The van der Waals surface area contributed by atoms with E-state index < -0.39 is 0 Å². The zero-order valence-electron chi connectivity index (χ0n) is 21.5. The Bertz CT molecular complexity index is 1410. The quantitative estimate of drug-likeness (QED) is 0.333. The van der Waals surface area contributed by atoms with Gasteiger partial charge in [-0.15, -0.1) is 0 Å². The highest BCUT2D eigenvalue weighted by Crippen LogP contribution is 2.34. The van der Waals surface area contributed by atoms with E-state index in [9.17, 15) is 4.79 Å². The predicted octanol–water partition coefficient (Wildman–Crippen LogP) is 4.81. The summed E-state index contributed by atoms with van der Waals surface area (Å²) in [6, 6.07) is 14.2. The van der Waals surface area contributed by atoms with Crippen molar-refractivity contribution in [2.24, 2.45) is 7.05 Å². The van der Waals surface area contributed by atoms with Crippen LogP contribution >= 0.6 is 0 Å². The van der Waals surface area contributed by atoms with Crippen LogP contribution < -0.4 is 15.5 Å². The summed E-state index contributed by atoms with van der Waals surface area (Å²) in [4.78, 5) is 25.7. The first kappa shape index (κ1) is 24.9. The third kappa shape index (κ3) is 5.39. The number of likely N-dealkylation sites (N-methyl/N-ethyl adjacent to an activating group) is 2. The highest BCUT2D eigenvalue weighted by molar-refractivity contribution is 6.02. The Balaban J connectivity index is 1.67. The van der Waals surface area contributed by atoms with Crippen molar-refractivity contribution >= 4 is 39.8 Å². The molecule has 186 valence electrons. The molecule has 0 fully saturated rings. The van der Waals surface area contributed by atoms with Crippen molar-refractivity contribution in [2.45, 2.75) is 6.92 Å². The van der Waals surface area contributed by atoms with Gasteiger partial charge in [0.1, 0.15) is 0 Å². The van der Waals surface area contributed by atoms with Gasteiger partial charge in [0.2, 0.25) is 11.9 Å². The number of nitrogens with one attached hydrogen (secondary N) is 2. The fourth-order valence-corrected chi connectivity index (χ4v) is 4.13. The lowest BCUT2D eigenvalue weighted by Gasteiger charge is -2.25. The van der Waals surface area contributed by atoms with Crippen LogP contribution in [-0.4, -0.2) is 59.6 Å². The number of aryl methyl sites for hydroxylation is 2. The van der Waals surface area contributed by atoms with E-state index in [1.165, 1.54) is 6.08 Å². The van der Waals surface area contributed by atoms with Crippen LogP contribution in [0.25, 0.3) is 22.2 Å². The third-order valence-electron chi connectivity index (χ3n) is 6.15. The molecule has 0 bridgehead atoms. The first-order chi connectivity index (χ1) is 17.3. The van der Waals surface area contributed by atoms with Crippen LogP contribution in [0.3, 0.4) is 0 Å². The lowest BCUT2D eigenvalue weighted by molar-refractivity contribution is -0.111. The zero-order chi connectivity index (χ0) is 25.8. The standard InChI is InChI=1S/C28H33N7O/c1-7-27(36)30-24-17-23(19(2)16-26(24)34(5)15-14-33(3)4)32-28-29-13-12-22(31-28)21-18-35(6)25-11-9-8-10-20(21)25/h7-13,16-18H,1,14-15H2,2-6H3,(H,30,36)(H,29,31,32). The molecule has 36 heavy (non-hydrogen) atoms. The molecule has 0 spiro atoms. The third-order valence-corrected chi connectivity index (χ3v) is 6.15. The maximum absolute atomic E-state index is 12.2. The molecule has 8 nitrogen and oxygen atoms in total. The van der Waals surface area contributed by atoms with Crippen molar-refractivity contribution in [1.29, 1.82) is 0 Å². The van der Waals surface area contributed by atoms with Gasteiger partial charge in [-0.2, -0.15) is 0 Å². The normalized spacial score (nSPS) is 11.1. The van der Waals surface area contributed by atoms with E-state index in [1.54, 1.807) is 6.20 Å². The number of anilines is 4. The highest BCUT2D eigenvalue weighted by Gasteiger charge is 2.15. The van der Waals surface area contributed by atoms with Crippen LogP contribution in [0, 0.1) is 6.92 Å². The molecular formula is C28H33N7O. The molecule has 2 N–H and O–H groups in total. The summed E-state index contributed by atoms with van der Waals surface area (Å²) in [6.07, 6.45) is 5.11. The largest absolute Gasteiger partial charge is 0.372 e. The van der Waals surface area contributed by atoms with Crippen molar-refractivity contribution in [3.63, 3.8) is 0 Å². The van der Waals surface area contributed by atoms with Crippen LogP contribution in [0.2, 0.25) is 0 Å². The molecule has 0 saturated heterocycles. The minimum atomic E-state index is -0.263. The Morgan fingerprint density at radius 1 is 1.11 bits per heavy atom. The van der Waals surface area contributed by atoms with Crippen LogP contribution in [0.1, 0.15) is 5.56 Å². The smallest absolute Gasteiger partial charge is 0.247 e. The molecule has 0 saturated carbocycles. The average Bonchev–Trinajstić information content (AvgIpc) is 3.21. The number of para-hydroxylation sites is 1. The molecule has 2 aromatic heterocycles. The van der Waals surface area contributed by atoms with Gasteiger partial charge in [0, 0.05) is 61.7 Å². The Labute approximate surface area is 212 Å². The lowest BCUT2D eigenvalue weighted by atomic mass is 10.1. The first-order valence-electron chi connectivity index (χ1n) is 11.8. The van der Waals surface area contributed by atoms with Gasteiger partial charge >= 0.3 is 0 Å². The zero-order valence-corrected chi connectivity index (χ0v) is 21.5. The lowest BCUT2D eigenvalue weighted by Crippen LogP contribution is -2.29. The van der Waals surface area contributed by atoms with Gasteiger partial charge in [0.15, 0.2) is 0 Å². The number of hydrogen-bond acceptors (Lipinski definition) is 6. The van der Waals surface area contributed by atoms with Crippen molar-refractivity contribution in [2.75, 3.05) is 49.8 Å². The summed E-state index contributed by atoms with van der Waals surface area (Å²) in [5, 5.41) is 7.44. The molecule has 2 heterocycles. The number of carbonyl (C=O) groups is 1. The fourth-order valence-electron chi connectivity index (χ4n) is 4.13. The van der Waals surface area contributed by atoms with Gasteiger partial charge in [-0.25, -0.2) is 9.97 Å². The maximum Gasteiger partial charge on any atom is 0.247 e. The summed E-state index contributed by atoms with van der Waals surface area (Å²) in [7, 11) is 8.13. The maximum atomic E-state index is 12.2. The number of hydrogen-bond donors (Lipinski definition) is 2. The molecular weight excluding hydrogens is 450 g/mol. The highest BCUT2D eigenvalue weighted by atomic mass is 16.1.